The first-order chi connectivity index (χ1) is 11.7. The monoisotopic (exact) mass is 331 g/mol. The second-order valence-corrected chi connectivity index (χ2v) is 5.14. The highest BCUT2D eigenvalue weighted by Crippen LogP contribution is 2.25. The Labute approximate surface area is 140 Å². The average Bonchev–Trinajstić information content (AvgIpc) is 2.60. The Morgan fingerprint density at radius 1 is 1.21 bits per heavy atom. The molecule has 0 aromatic heterocycles. The van der Waals surface area contributed by atoms with E-state index in [1.54, 1.807) is 19.2 Å². The van der Waals surface area contributed by atoms with E-state index in [0.29, 0.717) is 18.8 Å². The average molecular weight is 331 g/mol. The van der Waals surface area contributed by atoms with Crippen LogP contribution in [0.15, 0.2) is 42.5 Å². The molecule has 0 unspecified atom stereocenters. The highest BCUT2D eigenvalue weighted by atomic mass is 16.6. The lowest BCUT2D eigenvalue weighted by atomic mass is 10.1. The van der Waals surface area contributed by atoms with Gasteiger partial charge in [-0.25, -0.2) is 0 Å². The first-order valence-corrected chi connectivity index (χ1v) is 7.63. The van der Waals surface area contributed by atoms with E-state index < -0.39 is 4.92 Å². The van der Waals surface area contributed by atoms with Crippen molar-refractivity contribution in [2.24, 2.45) is 0 Å². The molecular weight excluding hydrogens is 310 g/mol. The number of ether oxygens (including phenoxy) is 1. The van der Waals surface area contributed by atoms with Gasteiger partial charge in [0.05, 0.1) is 11.5 Å². The topological polar surface area (TPSA) is 96.7 Å². The number of aliphatic hydroxyl groups is 1. The summed E-state index contributed by atoms with van der Waals surface area (Å²) in [6.07, 6.45) is 0. The number of rotatable bonds is 9. The normalized spacial score (nSPS) is 10.4. The Balaban J connectivity index is 2.00. The molecule has 7 nitrogen and oxygen atoms in total. The van der Waals surface area contributed by atoms with Gasteiger partial charge in [0.25, 0.3) is 5.69 Å². The molecule has 3 N–H and O–H groups in total. The second-order valence-electron chi connectivity index (χ2n) is 5.14. The molecule has 7 heteroatoms. The minimum Gasteiger partial charge on any atom is -0.491 e. The van der Waals surface area contributed by atoms with Crippen molar-refractivity contribution in [3.63, 3.8) is 0 Å². The number of nitro benzene ring substituents is 1. The van der Waals surface area contributed by atoms with Gasteiger partial charge in [-0.15, -0.1) is 0 Å². The molecule has 0 atom stereocenters. The summed E-state index contributed by atoms with van der Waals surface area (Å²) in [6, 6.07) is 12.7. The molecule has 0 spiro atoms. The number of benzene rings is 2. The number of nitro groups is 1. The predicted molar refractivity (Wildman–Crippen MR) is 92.2 cm³/mol. The van der Waals surface area contributed by atoms with E-state index in [2.05, 4.69) is 10.6 Å². The van der Waals surface area contributed by atoms with E-state index in [1.807, 2.05) is 30.3 Å². The summed E-state index contributed by atoms with van der Waals surface area (Å²) in [5.74, 6) is 0.718. The summed E-state index contributed by atoms with van der Waals surface area (Å²) in [5.41, 5.74) is 2.34. The summed E-state index contributed by atoms with van der Waals surface area (Å²) in [4.78, 5) is 10.7. The minimum absolute atomic E-state index is 0.0384. The van der Waals surface area contributed by atoms with Crippen LogP contribution in [-0.2, 0) is 13.1 Å². The van der Waals surface area contributed by atoms with E-state index >= 15 is 0 Å². The third-order valence-electron chi connectivity index (χ3n) is 3.49. The van der Waals surface area contributed by atoms with Crippen LogP contribution in [0.2, 0.25) is 0 Å². The van der Waals surface area contributed by atoms with Crippen LogP contribution in [0.5, 0.6) is 5.75 Å². The van der Waals surface area contributed by atoms with Gasteiger partial charge < -0.3 is 20.5 Å². The zero-order chi connectivity index (χ0) is 17.4. The van der Waals surface area contributed by atoms with Gasteiger partial charge in [0.1, 0.15) is 18.0 Å². The van der Waals surface area contributed by atoms with Gasteiger partial charge in [0.2, 0.25) is 0 Å². The van der Waals surface area contributed by atoms with Gasteiger partial charge in [0.15, 0.2) is 0 Å². The second kappa shape index (κ2) is 8.85. The fourth-order valence-corrected chi connectivity index (χ4v) is 2.34. The van der Waals surface area contributed by atoms with Crippen LogP contribution < -0.4 is 15.4 Å². The maximum Gasteiger partial charge on any atom is 0.292 e. The molecule has 128 valence electrons. The highest BCUT2D eigenvalue weighted by Gasteiger charge is 2.13. The van der Waals surface area contributed by atoms with Crippen molar-refractivity contribution in [3.05, 3.63) is 63.7 Å². The summed E-state index contributed by atoms with van der Waals surface area (Å²) in [6.45, 7) is 1.26. The van der Waals surface area contributed by atoms with E-state index in [9.17, 15) is 10.1 Å². The summed E-state index contributed by atoms with van der Waals surface area (Å²) < 4.78 is 5.48. The van der Waals surface area contributed by atoms with Crippen LogP contribution in [0.25, 0.3) is 0 Å². The van der Waals surface area contributed by atoms with Crippen LogP contribution in [0.4, 0.5) is 11.4 Å². The highest BCUT2D eigenvalue weighted by molar-refractivity contribution is 5.62. The Hall–Kier alpha value is -2.64. The summed E-state index contributed by atoms with van der Waals surface area (Å²) >= 11 is 0. The lowest BCUT2D eigenvalue weighted by Gasteiger charge is -2.12. The summed E-state index contributed by atoms with van der Waals surface area (Å²) in [7, 11) is 1.66. The van der Waals surface area contributed by atoms with Gasteiger partial charge in [0, 0.05) is 31.8 Å². The summed E-state index contributed by atoms with van der Waals surface area (Å²) in [5, 5.41) is 26.0. The number of aliphatic hydroxyl groups excluding tert-OH is 1. The lowest BCUT2D eigenvalue weighted by Crippen LogP contribution is -2.14. The fraction of sp³-hybridized carbons (Fsp3) is 0.294. The maximum absolute atomic E-state index is 11.1. The first-order valence-electron chi connectivity index (χ1n) is 7.63. The number of anilines is 1. The molecule has 0 amide bonds. The third kappa shape index (κ3) is 4.68. The van der Waals surface area contributed by atoms with Gasteiger partial charge in [-0.05, 0) is 17.7 Å². The molecular formula is C17H21N3O4. The Morgan fingerprint density at radius 2 is 2.00 bits per heavy atom. The van der Waals surface area contributed by atoms with Crippen LogP contribution in [0, 0.1) is 10.1 Å². The fourth-order valence-electron chi connectivity index (χ4n) is 2.34. The molecule has 2 aromatic carbocycles. The van der Waals surface area contributed by atoms with Crippen molar-refractivity contribution in [2.45, 2.75) is 13.1 Å². The van der Waals surface area contributed by atoms with Crippen LogP contribution in [-0.4, -0.2) is 30.3 Å². The molecule has 2 aromatic rings. The molecule has 0 fully saturated rings. The van der Waals surface area contributed by atoms with Crippen molar-refractivity contribution in [1.29, 1.82) is 0 Å². The Kier molecular flexibility index (Phi) is 6.53. The number of hydrogen-bond acceptors (Lipinski definition) is 6. The largest absolute Gasteiger partial charge is 0.491 e. The third-order valence-corrected chi connectivity index (χ3v) is 3.49. The Morgan fingerprint density at radius 3 is 2.71 bits per heavy atom. The van der Waals surface area contributed by atoms with Crippen LogP contribution in [0.1, 0.15) is 11.1 Å². The SMILES string of the molecule is CNc1ccc(CNCc2ccccc2OCCO)cc1[N+](=O)[O-]. The zero-order valence-electron chi connectivity index (χ0n) is 13.5. The zero-order valence-corrected chi connectivity index (χ0v) is 13.5. The van der Waals surface area contributed by atoms with Gasteiger partial charge in [-0.3, -0.25) is 10.1 Å². The van der Waals surface area contributed by atoms with Crippen LogP contribution >= 0.6 is 0 Å². The molecule has 0 aliphatic rings. The predicted octanol–water partition coefficient (Wildman–Crippen LogP) is 2.30. The van der Waals surface area contributed by atoms with Crippen LogP contribution in [0.3, 0.4) is 0 Å². The molecule has 24 heavy (non-hydrogen) atoms. The molecule has 2 rings (SSSR count). The molecule has 0 aliphatic heterocycles. The van der Waals surface area contributed by atoms with Crippen molar-refractivity contribution in [2.75, 3.05) is 25.6 Å². The number of nitrogens with one attached hydrogen (secondary N) is 2. The molecule has 0 radical (unpaired) electrons. The van der Waals surface area contributed by atoms with E-state index in [1.165, 1.54) is 0 Å². The Bertz CT molecular complexity index is 691. The van der Waals surface area contributed by atoms with Gasteiger partial charge in [-0.2, -0.15) is 0 Å². The van der Waals surface area contributed by atoms with E-state index in [-0.39, 0.29) is 18.9 Å². The number of nitrogens with zero attached hydrogens (tertiary/aromatic N) is 1. The quantitative estimate of drug-likeness (QED) is 0.482. The van der Waals surface area contributed by atoms with Crippen molar-refractivity contribution in [1.82, 2.24) is 5.32 Å². The standard InChI is InChI=1S/C17H21N3O4/c1-18-15-7-6-13(10-16(15)20(22)23)11-19-12-14-4-2-3-5-17(14)24-9-8-21/h2-7,10,18-19,21H,8-9,11-12H2,1H3. The van der Waals surface area contributed by atoms with E-state index in [0.717, 1.165) is 16.9 Å². The first kappa shape index (κ1) is 17.7. The molecule has 0 heterocycles. The lowest BCUT2D eigenvalue weighted by molar-refractivity contribution is -0.384. The van der Waals surface area contributed by atoms with Gasteiger partial charge >= 0.3 is 0 Å². The molecule has 0 aliphatic carbocycles. The van der Waals surface area contributed by atoms with Crippen molar-refractivity contribution < 1.29 is 14.8 Å². The van der Waals surface area contributed by atoms with E-state index in [4.69, 9.17) is 9.84 Å². The maximum atomic E-state index is 11.1. The number of hydrogen-bond donors (Lipinski definition) is 3. The van der Waals surface area contributed by atoms with Gasteiger partial charge in [-0.1, -0.05) is 24.3 Å². The molecule has 0 bridgehead atoms. The molecule has 0 saturated heterocycles. The van der Waals surface area contributed by atoms with Crippen molar-refractivity contribution >= 4 is 11.4 Å². The molecule has 0 saturated carbocycles. The van der Waals surface area contributed by atoms with Crippen molar-refractivity contribution in [3.8, 4) is 5.75 Å². The smallest absolute Gasteiger partial charge is 0.292 e. The number of para-hydroxylation sites is 1. The minimum atomic E-state index is -0.395.